The van der Waals surface area contributed by atoms with Crippen LogP contribution in [0, 0.1) is 11.6 Å². The number of rotatable bonds is 8. The number of carbonyl (C=O) groups is 1. The van der Waals surface area contributed by atoms with E-state index in [0.29, 0.717) is 22.4 Å². The number of halogens is 3. The van der Waals surface area contributed by atoms with Gasteiger partial charge in [-0.05, 0) is 68.4 Å². The van der Waals surface area contributed by atoms with Gasteiger partial charge in [0.1, 0.15) is 17.4 Å². The third-order valence-corrected chi connectivity index (χ3v) is 6.33. The molecular formula is C25H21ClF2N4O2S. The smallest absolute Gasteiger partial charge is 0.237 e. The Labute approximate surface area is 210 Å². The van der Waals surface area contributed by atoms with Gasteiger partial charge < -0.3 is 10.1 Å². The van der Waals surface area contributed by atoms with Crippen LogP contribution in [-0.4, -0.2) is 25.9 Å². The molecule has 35 heavy (non-hydrogen) atoms. The molecule has 1 N–H and O–H groups in total. The third-order valence-electron chi connectivity index (χ3n) is 5.00. The molecule has 0 spiro atoms. The van der Waals surface area contributed by atoms with Crippen LogP contribution < -0.4 is 10.1 Å². The van der Waals surface area contributed by atoms with Crippen molar-refractivity contribution in [1.29, 1.82) is 0 Å². The van der Waals surface area contributed by atoms with Gasteiger partial charge in [0.2, 0.25) is 5.91 Å². The minimum absolute atomic E-state index is 0.0771. The summed E-state index contributed by atoms with van der Waals surface area (Å²) in [6, 6.07) is 19.2. The van der Waals surface area contributed by atoms with Gasteiger partial charge in [-0.25, -0.2) is 8.78 Å². The molecule has 0 radical (unpaired) electrons. The fraction of sp³-hybridized carbons (Fsp3) is 0.160. The molecule has 0 saturated carbocycles. The highest BCUT2D eigenvalue weighted by Crippen LogP contribution is 2.30. The molecule has 1 amide bonds. The second-order valence-electron chi connectivity index (χ2n) is 7.60. The molecule has 0 aliphatic rings. The van der Waals surface area contributed by atoms with Gasteiger partial charge >= 0.3 is 0 Å². The van der Waals surface area contributed by atoms with Gasteiger partial charge in [-0.3, -0.25) is 9.36 Å². The highest BCUT2D eigenvalue weighted by molar-refractivity contribution is 8.00. The molecule has 1 aromatic heterocycles. The summed E-state index contributed by atoms with van der Waals surface area (Å²) in [5.41, 5.74) is 1.18. The van der Waals surface area contributed by atoms with E-state index >= 15 is 0 Å². The number of benzene rings is 3. The molecule has 180 valence electrons. The Morgan fingerprint density at radius 2 is 1.74 bits per heavy atom. The monoisotopic (exact) mass is 514 g/mol. The maximum Gasteiger partial charge on any atom is 0.237 e. The van der Waals surface area contributed by atoms with Crippen molar-refractivity contribution < 1.29 is 18.3 Å². The zero-order chi connectivity index (χ0) is 24.9. The van der Waals surface area contributed by atoms with E-state index in [2.05, 4.69) is 15.5 Å². The highest BCUT2D eigenvalue weighted by Gasteiger charge is 2.24. The number of aromatic nitrogens is 3. The van der Waals surface area contributed by atoms with Crippen molar-refractivity contribution in [2.24, 2.45) is 0 Å². The summed E-state index contributed by atoms with van der Waals surface area (Å²) >= 11 is 7.02. The Morgan fingerprint density at radius 1 is 1.03 bits per heavy atom. The Bertz CT molecular complexity index is 1320. The molecule has 0 bridgehead atoms. The van der Waals surface area contributed by atoms with Gasteiger partial charge in [0.05, 0.1) is 10.3 Å². The molecule has 2 unspecified atom stereocenters. The van der Waals surface area contributed by atoms with Crippen molar-refractivity contribution in [3.63, 3.8) is 0 Å². The van der Waals surface area contributed by atoms with Gasteiger partial charge in [-0.2, -0.15) is 0 Å². The number of thioether (sulfide) groups is 1. The minimum atomic E-state index is -0.563. The first-order valence-corrected chi connectivity index (χ1v) is 11.9. The van der Waals surface area contributed by atoms with Crippen molar-refractivity contribution in [3.8, 4) is 11.4 Å². The zero-order valence-corrected chi connectivity index (χ0v) is 20.4. The zero-order valence-electron chi connectivity index (χ0n) is 18.8. The Morgan fingerprint density at radius 3 is 2.43 bits per heavy atom. The summed E-state index contributed by atoms with van der Waals surface area (Å²) in [5, 5.41) is 11.2. The van der Waals surface area contributed by atoms with Crippen LogP contribution in [0.5, 0.6) is 5.75 Å². The normalized spacial score (nSPS) is 12.7. The van der Waals surface area contributed by atoms with Gasteiger partial charge in [-0.15, -0.1) is 10.2 Å². The van der Waals surface area contributed by atoms with Crippen LogP contribution in [0.4, 0.5) is 14.5 Å². The Kier molecular flexibility index (Phi) is 7.67. The number of nitrogens with zero attached hydrogens (tertiary/aromatic N) is 3. The van der Waals surface area contributed by atoms with Crippen molar-refractivity contribution in [3.05, 3.63) is 95.3 Å². The van der Waals surface area contributed by atoms with Crippen molar-refractivity contribution in [2.45, 2.75) is 30.4 Å². The maximum absolute atomic E-state index is 13.4. The van der Waals surface area contributed by atoms with Crippen LogP contribution in [0.1, 0.15) is 25.8 Å². The standard InChI is InChI=1S/C25H21ClF2N4O2S/c1-15(34-20-11-8-17(27)9-12-20)23-30-31-25(32(23)19-6-4-3-5-7-19)35-16(2)24(33)29-18-10-13-22(28)21(26)14-18/h3-16H,1-2H3,(H,29,33). The second-order valence-corrected chi connectivity index (χ2v) is 9.32. The summed E-state index contributed by atoms with van der Waals surface area (Å²) in [6.45, 7) is 3.54. The minimum Gasteiger partial charge on any atom is -0.483 e. The highest BCUT2D eigenvalue weighted by atomic mass is 35.5. The number of hydrogen-bond donors (Lipinski definition) is 1. The van der Waals surface area contributed by atoms with E-state index in [-0.39, 0.29) is 16.7 Å². The van der Waals surface area contributed by atoms with Crippen LogP contribution >= 0.6 is 23.4 Å². The number of ether oxygens (including phenoxy) is 1. The summed E-state index contributed by atoms with van der Waals surface area (Å²) in [4.78, 5) is 12.8. The topological polar surface area (TPSA) is 69.0 Å². The molecule has 0 aliphatic heterocycles. The van der Waals surface area contributed by atoms with Crippen molar-refractivity contribution >= 4 is 35.0 Å². The second kappa shape index (κ2) is 10.9. The van der Waals surface area contributed by atoms with Gasteiger partial charge in [0.15, 0.2) is 17.1 Å². The van der Waals surface area contributed by atoms with E-state index in [1.54, 1.807) is 19.1 Å². The number of carbonyl (C=O) groups excluding carboxylic acids is 1. The van der Waals surface area contributed by atoms with Crippen LogP contribution in [0.25, 0.3) is 5.69 Å². The third kappa shape index (κ3) is 5.98. The van der Waals surface area contributed by atoms with E-state index in [4.69, 9.17) is 16.3 Å². The van der Waals surface area contributed by atoms with Crippen LogP contribution in [-0.2, 0) is 4.79 Å². The molecule has 6 nitrogen and oxygen atoms in total. The molecule has 1 heterocycles. The number of para-hydroxylation sites is 1. The molecule has 0 saturated heterocycles. The molecule has 4 aromatic rings. The van der Waals surface area contributed by atoms with Gasteiger partial charge in [0, 0.05) is 11.4 Å². The average Bonchev–Trinajstić information content (AvgIpc) is 3.27. The number of hydrogen-bond acceptors (Lipinski definition) is 5. The number of amides is 1. The van der Waals surface area contributed by atoms with Crippen LogP contribution in [0.2, 0.25) is 5.02 Å². The summed E-state index contributed by atoms with van der Waals surface area (Å²) in [7, 11) is 0. The number of nitrogens with one attached hydrogen (secondary N) is 1. The summed E-state index contributed by atoms with van der Waals surface area (Å²) < 4.78 is 34.5. The predicted octanol–water partition coefficient (Wildman–Crippen LogP) is 6.46. The van der Waals surface area contributed by atoms with Crippen molar-refractivity contribution in [2.75, 3.05) is 5.32 Å². The SMILES string of the molecule is CC(Sc1nnc(C(C)Oc2ccc(F)cc2)n1-c1ccccc1)C(=O)Nc1ccc(F)c(Cl)c1. The van der Waals surface area contributed by atoms with Gasteiger partial charge in [-0.1, -0.05) is 41.6 Å². The largest absolute Gasteiger partial charge is 0.483 e. The quantitative estimate of drug-likeness (QED) is 0.273. The lowest BCUT2D eigenvalue weighted by Crippen LogP contribution is -2.23. The first-order chi connectivity index (χ1) is 16.8. The van der Waals surface area contributed by atoms with Crippen LogP contribution in [0.3, 0.4) is 0 Å². The number of anilines is 1. The lowest BCUT2D eigenvalue weighted by molar-refractivity contribution is -0.115. The van der Waals surface area contributed by atoms with Gasteiger partial charge in [0.25, 0.3) is 0 Å². The summed E-state index contributed by atoms with van der Waals surface area (Å²) in [6.07, 6.45) is -0.520. The van der Waals surface area contributed by atoms with E-state index in [0.717, 1.165) is 5.69 Å². The maximum atomic E-state index is 13.4. The van der Waals surface area contributed by atoms with Crippen LogP contribution in [0.15, 0.2) is 78.0 Å². The van der Waals surface area contributed by atoms with E-state index in [1.165, 1.54) is 42.1 Å². The van der Waals surface area contributed by atoms with E-state index in [9.17, 15) is 13.6 Å². The molecule has 2 atom stereocenters. The average molecular weight is 515 g/mol. The molecule has 3 aromatic carbocycles. The molecular weight excluding hydrogens is 494 g/mol. The fourth-order valence-electron chi connectivity index (χ4n) is 3.24. The molecule has 0 fully saturated rings. The Hall–Kier alpha value is -3.43. The molecule has 10 heteroatoms. The summed E-state index contributed by atoms with van der Waals surface area (Å²) in [5.74, 6) is -0.223. The lowest BCUT2D eigenvalue weighted by atomic mass is 10.3. The molecule has 0 aliphatic carbocycles. The Balaban J connectivity index is 1.57. The predicted molar refractivity (Wildman–Crippen MR) is 132 cm³/mol. The van der Waals surface area contributed by atoms with E-state index < -0.39 is 17.2 Å². The van der Waals surface area contributed by atoms with Crippen molar-refractivity contribution in [1.82, 2.24) is 14.8 Å². The lowest BCUT2D eigenvalue weighted by Gasteiger charge is -2.17. The fourth-order valence-corrected chi connectivity index (χ4v) is 4.30. The first kappa shape index (κ1) is 24.7. The molecule has 4 rings (SSSR count). The first-order valence-electron chi connectivity index (χ1n) is 10.7. The van der Waals surface area contributed by atoms with E-state index in [1.807, 2.05) is 41.8 Å².